The van der Waals surface area contributed by atoms with Crippen LogP contribution in [0.1, 0.15) is 49.5 Å². The molecule has 0 saturated carbocycles. The number of hydrogen-bond acceptors (Lipinski definition) is 4. The van der Waals surface area contributed by atoms with E-state index in [2.05, 4.69) is 17.1 Å². The topological polar surface area (TPSA) is 59.2 Å². The van der Waals surface area contributed by atoms with Gasteiger partial charge >= 0.3 is 0 Å². The van der Waals surface area contributed by atoms with Gasteiger partial charge in [0.1, 0.15) is 0 Å². The minimum atomic E-state index is -0.109. The van der Waals surface area contributed by atoms with Crippen molar-refractivity contribution in [2.24, 2.45) is 0 Å². The van der Waals surface area contributed by atoms with Crippen molar-refractivity contribution in [2.75, 3.05) is 13.1 Å². The zero-order valence-electron chi connectivity index (χ0n) is 16.4. The molecule has 2 atom stereocenters. The second-order valence-corrected chi connectivity index (χ2v) is 7.89. The van der Waals surface area contributed by atoms with Crippen LogP contribution in [0.4, 0.5) is 0 Å². The van der Waals surface area contributed by atoms with E-state index in [0.29, 0.717) is 23.3 Å². The summed E-state index contributed by atoms with van der Waals surface area (Å²) >= 11 is 5.95. The summed E-state index contributed by atoms with van der Waals surface area (Å²) in [6.07, 6.45) is 2.65. The Labute approximate surface area is 175 Å². The second-order valence-electron chi connectivity index (χ2n) is 7.46. The first-order valence-corrected chi connectivity index (χ1v) is 10.5. The number of rotatable bonds is 5. The van der Waals surface area contributed by atoms with E-state index in [1.807, 2.05) is 59.5 Å². The lowest BCUT2D eigenvalue weighted by atomic mass is 9.92. The maximum absolute atomic E-state index is 13.2. The van der Waals surface area contributed by atoms with E-state index < -0.39 is 0 Å². The Morgan fingerprint density at radius 2 is 1.97 bits per heavy atom. The van der Waals surface area contributed by atoms with Gasteiger partial charge in [0, 0.05) is 23.7 Å². The summed E-state index contributed by atoms with van der Waals surface area (Å²) in [7, 11) is 0. The molecule has 1 aliphatic rings. The van der Waals surface area contributed by atoms with Gasteiger partial charge in [-0.05, 0) is 49.1 Å². The summed E-state index contributed by atoms with van der Waals surface area (Å²) in [5.41, 5.74) is 1.94. The molecule has 1 fully saturated rings. The highest BCUT2D eigenvalue weighted by molar-refractivity contribution is 6.30. The van der Waals surface area contributed by atoms with Gasteiger partial charge in [-0.2, -0.15) is 4.98 Å². The molecule has 1 amide bonds. The predicted octanol–water partition coefficient (Wildman–Crippen LogP) is 5.29. The van der Waals surface area contributed by atoms with Gasteiger partial charge in [-0.15, -0.1) is 0 Å². The molecular formula is C23H24ClN3O2. The first-order valence-electron chi connectivity index (χ1n) is 10.1. The van der Waals surface area contributed by atoms with E-state index in [1.54, 1.807) is 0 Å². The van der Waals surface area contributed by atoms with Crippen LogP contribution in [0.3, 0.4) is 0 Å². The van der Waals surface area contributed by atoms with Gasteiger partial charge in [-0.25, -0.2) is 0 Å². The molecule has 1 saturated heterocycles. The minimum Gasteiger partial charge on any atom is -0.341 e. The molecule has 2 heterocycles. The van der Waals surface area contributed by atoms with Crippen molar-refractivity contribution in [3.8, 4) is 11.4 Å². The van der Waals surface area contributed by atoms with Crippen LogP contribution in [0.2, 0.25) is 5.02 Å². The SMILES string of the molecule is CC[C@H](C(=O)N1CCC[C@H](c2nc(-c3ccc(Cl)cc3)no2)C1)c1ccccc1. The second kappa shape index (κ2) is 8.78. The highest BCUT2D eigenvalue weighted by Crippen LogP contribution is 2.30. The van der Waals surface area contributed by atoms with Crippen molar-refractivity contribution >= 4 is 17.5 Å². The molecule has 0 bridgehead atoms. The normalized spacial score (nSPS) is 17.9. The molecule has 4 rings (SSSR count). The monoisotopic (exact) mass is 409 g/mol. The Bertz CT molecular complexity index is 956. The first kappa shape index (κ1) is 19.6. The van der Waals surface area contributed by atoms with Crippen LogP contribution in [0, 0.1) is 0 Å². The third-order valence-corrected chi connectivity index (χ3v) is 5.79. The smallest absolute Gasteiger partial charge is 0.231 e. The number of amides is 1. The molecule has 0 aliphatic carbocycles. The average Bonchev–Trinajstić information content (AvgIpc) is 3.26. The number of aromatic nitrogens is 2. The molecule has 0 spiro atoms. The van der Waals surface area contributed by atoms with E-state index in [0.717, 1.165) is 36.9 Å². The van der Waals surface area contributed by atoms with Crippen molar-refractivity contribution in [2.45, 2.75) is 38.0 Å². The summed E-state index contributed by atoms with van der Waals surface area (Å²) in [5.74, 6) is 1.29. The fourth-order valence-electron chi connectivity index (χ4n) is 3.95. The van der Waals surface area contributed by atoms with Gasteiger partial charge in [0.2, 0.25) is 17.6 Å². The standard InChI is InChI=1S/C23H24ClN3O2/c1-2-20(16-7-4-3-5-8-16)23(28)27-14-6-9-18(15-27)22-25-21(26-29-22)17-10-12-19(24)13-11-17/h3-5,7-8,10-13,18,20H,2,6,9,14-15H2,1H3/t18-,20-/m0/s1. The van der Waals surface area contributed by atoms with E-state index in [1.165, 1.54) is 0 Å². The van der Waals surface area contributed by atoms with Gasteiger partial charge in [0.15, 0.2) is 0 Å². The molecule has 3 aromatic rings. The van der Waals surface area contributed by atoms with Crippen molar-refractivity contribution in [1.29, 1.82) is 0 Å². The summed E-state index contributed by atoms with van der Waals surface area (Å²) in [4.78, 5) is 19.8. The number of carbonyl (C=O) groups excluding carboxylic acids is 1. The van der Waals surface area contributed by atoms with Gasteiger partial charge in [0.05, 0.1) is 11.8 Å². The molecule has 1 aromatic heterocycles. The Morgan fingerprint density at radius 3 is 2.69 bits per heavy atom. The maximum atomic E-state index is 13.2. The number of halogens is 1. The van der Waals surface area contributed by atoms with E-state index in [9.17, 15) is 4.79 Å². The fraction of sp³-hybridized carbons (Fsp3) is 0.348. The van der Waals surface area contributed by atoms with Gasteiger partial charge in [0.25, 0.3) is 0 Å². The third-order valence-electron chi connectivity index (χ3n) is 5.53. The zero-order chi connectivity index (χ0) is 20.2. The van der Waals surface area contributed by atoms with Crippen LogP contribution in [0.25, 0.3) is 11.4 Å². The average molecular weight is 410 g/mol. The van der Waals surface area contributed by atoms with Gasteiger partial charge < -0.3 is 9.42 Å². The lowest BCUT2D eigenvalue weighted by Crippen LogP contribution is -2.41. The number of benzene rings is 2. The number of carbonyl (C=O) groups is 1. The summed E-state index contributed by atoms with van der Waals surface area (Å²) in [6.45, 7) is 3.45. The molecule has 6 heteroatoms. The molecular weight excluding hydrogens is 386 g/mol. The third kappa shape index (κ3) is 4.35. The number of hydrogen-bond donors (Lipinski definition) is 0. The number of likely N-dealkylation sites (tertiary alicyclic amines) is 1. The highest BCUT2D eigenvalue weighted by Gasteiger charge is 2.32. The minimum absolute atomic E-state index is 0.0644. The lowest BCUT2D eigenvalue weighted by Gasteiger charge is -2.33. The first-order chi connectivity index (χ1) is 14.2. The lowest BCUT2D eigenvalue weighted by molar-refractivity contribution is -0.134. The van der Waals surface area contributed by atoms with E-state index in [-0.39, 0.29) is 17.7 Å². The van der Waals surface area contributed by atoms with Crippen LogP contribution < -0.4 is 0 Å². The highest BCUT2D eigenvalue weighted by atomic mass is 35.5. The zero-order valence-corrected chi connectivity index (χ0v) is 17.2. The Balaban J connectivity index is 1.48. The van der Waals surface area contributed by atoms with E-state index in [4.69, 9.17) is 16.1 Å². The summed E-state index contributed by atoms with van der Waals surface area (Å²) in [6, 6.07) is 17.4. The Morgan fingerprint density at radius 1 is 1.21 bits per heavy atom. The molecule has 1 aliphatic heterocycles. The van der Waals surface area contributed by atoms with Crippen LogP contribution in [0.5, 0.6) is 0 Å². The number of nitrogens with zero attached hydrogens (tertiary/aromatic N) is 3. The van der Waals surface area contributed by atoms with Crippen LogP contribution in [0.15, 0.2) is 59.1 Å². The summed E-state index contributed by atoms with van der Waals surface area (Å²) in [5, 5.41) is 4.80. The Kier molecular flexibility index (Phi) is 5.95. The molecule has 2 aromatic carbocycles. The molecule has 29 heavy (non-hydrogen) atoms. The van der Waals surface area contributed by atoms with Gasteiger partial charge in [-0.3, -0.25) is 4.79 Å². The van der Waals surface area contributed by atoms with Crippen molar-refractivity contribution in [3.05, 3.63) is 71.1 Å². The van der Waals surface area contributed by atoms with Crippen molar-refractivity contribution < 1.29 is 9.32 Å². The summed E-state index contributed by atoms with van der Waals surface area (Å²) < 4.78 is 5.56. The van der Waals surface area contributed by atoms with Crippen LogP contribution in [-0.2, 0) is 4.79 Å². The van der Waals surface area contributed by atoms with Crippen LogP contribution in [-0.4, -0.2) is 34.0 Å². The van der Waals surface area contributed by atoms with Gasteiger partial charge in [-0.1, -0.05) is 54.0 Å². The molecule has 150 valence electrons. The van der Waals surface area contributed by atoms with Crippen LogP contribution >= 0.6 is 11.6 Å². The Hall–Kier alpha value is -2.66. The fourth-order valence-corrected chi connectivity index (χ4v) is 4.08. The largest absolute Gasteiger partial charge is 0.341 e. The molecule has 0 radical (unpaired) electrons. The quantitative estimate of drug-likeness (QED) is 0.574. The van der Waals surface area contributed by atoms with Crippen molar-refractivity contribution in [1.82, 2.24) is 15.0 Å². The molecule has 0 unspecified atom stereocenters. The van der Waals surface area contributed by atoms with Crippen molar-refractivity contribution in [3.63, 3.8) is 0 Å². The maximum Gasteiger partial charge on any atom is 0.231 e. The molecule has 0 N–H and O–H groups in total. The van der Waals surface area contributed by atoms with E-state index >= 15 is 0 Å². The predicted molar refractivity (Wildman–Crippen MR) is 113 cm³/mol. The molecule has 5 nitrogen and oxygen atoms in total. The number of piperidine rings is 1.